The third kappa shape index (κ3) is 4.27. The minimum absolute atomic E-state index is 0.127. The summed E-state index contributed by atoms with van der Waals surface area (Å²) in [5.41, 5.74) is 5.50. The van der Waals surface area contributed by atoms with Crippen LogP contribution in [0.3, 0.4) is 0 Å². The lowest BCUT2D eigenvalue weighted by Crippen LogP contribution is -2.42. The molecule has 1 atom stereocenters. The molecule has 0 radical (unpaired) electrons. The lowest BCUT2D eigenvalue weighted by atomic mass is 9.84. The summed E-state index contributed by atoms with van der Waals surface area (Å²) < 4.78 is 0. The minimum Gasteiger partial charge on any atom is -0.343 e. The van der Waals surface area contributed by atoms with E-state index in [2.05, 4.69) is 6.92 Å². The molecule has 1 amide bonds. The summed E-state index contributed by atoms with van der Waals surface area (Å²) in [6.07, 6.45) is 8.10. The number of amides is 1. The van der Waals surface area contributed by atoms with Gasteiger partial charge in [-0.15, -0.1) is 0 Å². The van der Waals surface area contributed by atoms with Gasteiger partial charge in [-0.1, -0.05) is 20.3 Å². The highest BCUT2D eigenvalue weighted by atomic mass is 16.2. The van der Waals surface area contributed by atoms with Gasteiger partial charge in [0, 0.05) is 19.0 Å². The Morgan fingerprint density at radius 3 is 2.44 bits per heavy atom. The fourth-order valence-electron chi connectivity index (χ4n) is 3.02. The highest BCUT2D eigenvalue weighted by molar-refractivity contribution is 5.78. The molecule has 18 heavy (non-hydrogen) atoms. The number of hydrogen-bond donors (Lipinski definition) is 1. The zero-order valence-corrected chi connectivity index (χ0v) is 12.3. The Kier molecular flexibility index (Phi) is 6.69. The maximum absolute atomic E-state index is 12.3. The number of rotatable bonds is 6. The molecule has 0 aromatic carbocycles. The topological polar surface area (TPSA) is 46.3 Å². The zero-order chi connectivity index (χ0) is 13.5. The van der Waals surface area contributed by atoms with E-state index in [0.717, 1.165) is 18.8 Å². The van der Waals surface area contributed by atoms with E-state index in [4.69, 9.17) is 5.73 Å². The molecule has 1 aliphatic rings. The first-order valence-electron chi connectivity index (χ1n) is 7.56. The predicted molar refractivity (Wildman–Crippen MR) is 76.3 cm³/mol. The van der Waals surface area contributed by atoms with Gasteiger partial charge in [0.25, 0.3) is 0 Å². The largest absolute Gasteiger partial charge is 0.343 e. The number of hydrogen-bond acceptors (Lipinski definition) is 2. The van der Waals surface area contributed by atoms with Crippen LogP contribution in [0.2, 0.25) is 0 Å². The molecule has 3 heteroatoms. The highest BCUT2D eigenvalue weighted by Gasteiger charge is 2.27. The van der Waals surface area contributed by atoms with E-state index in [1.807, 2.05) is 18.9 Å². The standard InChI is InChI=1S/C15H30N2O/c1-4-13-7-9-14(10-8-13)17(3)15(18)12(2)6-5-11-16/h12-14H,4-11,16H2,1-3H3. The Labute approximate surface area is 112 Å². The summed E-state index contributed by atoms with van der Waals surface area (Å²) >= 11 is 0. The third-order valence-electron chi connectivity index (χ3n) is 4.55. The van der Waals surface area contributed by atoms with Crippen LogP contribution in [0, 0.1) is 11.8 Å². The summed E-state index contributed by atoms with van der Waals surface area (Å²) in [5, 5.41) is 0. The molecule has 0 spiro atoms. The molecule has 0 aromatic rings. The van der Waals surface area contributed by atoms with Crippen molar-refractivity contribution in [2.24, 2.45) is 17.6 Å². The Morgan fingerprint density at radius 1 is 1.33 bits per heavy atom. The second-order valence-electron chi connectivity index (χ2n) is 5.86. The summed E-state index contributed by atoms with van der Waals surface area (Å²) in [5.74, 6) is 1.32. The highest BCUT2D eigenvalue weighted by Crippen LogP contribution is 2.29. The van der Waals surface area contributed by atoms with Crippen LogP contribution in [0.15, 0.2) is 0 Å². The lowest BCUT2D eigenvalue weighted by molar-refractivity contribution is -0.136. The van der Waals surface area contributed by atoms with Crippen LogP contribution < -0.4 is 5.73 Å². The minimum atomic E-state index is 0.127. The van der Waals surface area contributed by atoms with Gasteiger partial charge < -0.3 is 10.6 Å². The van der Waals surface area contributed by atoms with Crippen LogP contribution in [0.4, 0.5) is 0 Å². The molecule has 2 N–H and O–H groups in total. The van der Waals surface area contributed by atoms with E-state index in [1.54, 1.807) is 0 Å². The van der Waals surface area contributed by atoms with Gasteiger partial charge >= 0.3 is 0 Å². The Bertz CT molecular complexity index is 247. The van der Waals surface area contributed by atoms with Crippen LogP contribution in [-0.2, 0) is 4.79 Å². The van der Waals surface area contributed by atoms with Crippen LogP contribution in [0.1, 0.15) is 58.8 Å². The molecular weight excluding hydrogens is 224 g/mol. The molecule has 3 nitrogen and oxygen atoms in total. The Hall–Kier alpha value is -0.570. The van der Waals surface area contributed by atoms with E-state index in [-0.39, 0.29) is 5.92 Å². The molecule has 0 aromatic heterocycles. The molecule has 1 aliphatic carbocycles. The molecule has 1 fully saturated rings. The van der Waals surface area contributed by atoms with Crippen LogP contribution in [-0.4, -0.2) is 30.4 Å². The number of nitrogens with zero attached hydrogens (tertiary/aromatic N) is 1. The molecule has 0 saturated heterocycles. The van der Waals surface area contributed by atoms with Crippen molar-refractivity contribution in [1.29, 1.82) is 0 Å². The summed E-state index contributed by atoms with van der Waals surface area (Å²) in [6.45, 7) is 4.99. The Balaban J connectivity index is 2.39. The second kappa shape index (κ2) is 7.78. The van der Waals surface area contributed by atoms with E-state index in [9.17, 15) is 4.79 Å². The molecular formula is C15H30N2O. The smallest absolute Gasteiger partial charge is 0.225 e. The van der Waals surface area contributed by atoms with Crippen LogP contribution in [0.25, 0.3) is 0 Å². The second-order valence-corrected chi connectivity index (χ2v) is 5.86. The average Bonchev–Trinajstić information content (AvgIpc) is 2.43. The quantitative estimate of drug-likeness (QED) is 0.792. The lowest BCUT2D eigenvalue weighted by Gasteiger charge is -2.35. The van der Waals surface area contributed by atoms with Crippen molar-refractivity contribution >= 4 is 5.91 Å². The number of carbonyl (C=O) groups excluding carboxylic acids is 1. The Morgan fingerprint density at radius 2 is 1.94 bits per heavy atom. The first-order valence-corrected chi connectivity index (χ1v) is 7.56. The molecule has 1 saturated carbocycles. The summed E-state index contributed by atoms with van der Waals surface area (Å²) in [7, 11) is 1.98. The third-order valence-corrected chi connectivity index (χ3v) is 4.55. The number of carbonyl (C=O) groups is 1. The van der Waals surface area contributed by atoms with E-state index < -0.39 is 0 Å². The first-order chi connectivity index (χ1) is 8.60. The van der Waals surface area contributed by atoms with Crippen molar-refractivity contribution in [3.8, 4) is 0 Å². The summed E-state index contributed by atoms with van der Waals surface area (Å²) in [4.78, 5) is 14.3. The molecule has 1 rings (SSSR count). The van der Waals surface area contributed by atoms with Gasteiger partial charge in [0.05, 0.1) is 0 Å². The van der Waals surface area contributed by atoms with E-state index >= 15 is 0 Å². The maximum Gasteiger partial charge on any atom is 0.225 e. The maximum atomic E-state index is 12.3. The van der Waals surface area contributed by atoms with Crippen molar-refractivity contribution in [2.75, 3.05) is 13.6 Å². The van der Waals surface area contributed by atoms with Crippen molar-refractivity contribution in [1.82, 2.24) is 4.90 Å². The van der Waals surface area contributed by atoms with Gasteiger partial charge in [-0.05, 0) is 51.0 Å². The van der Waals surface area contributed by atoms with E-state index in [1.165, 1.54) is 32.1 Å². The SMILES string of the molecule is CCC1CCC(N(C)C(=O)C(C)CCCN)CC1. The van der Waals surface area contributed by atoms with Gasteiger partial charge in [-0.2, -0.15) is 0 Å². The normalized spacial score (nSPS) is 25.8. The van der Waals surface area contributed by atoms with Gasteiger partial charge in [0.1, 0.15) is 0 Å². The average molecular weight is 254 g/mol. The molecule has 0 aliphatic heterocycles. The fraction of sp³-hybridized carbons (Fsp3) is 0.933. The fourth-order valence-corrected chi connectivity index (χ4v) is 3.02. The van der Waals surface area contributed by atoms with Gasteiger partial charge in [-0.25, -0.2) is 0 Å². The van der Waals surface area contributed by atoms with Gasteiger partial charge in [0.2, 0.25) is 5.91 Å². The summed E-state index contributed by atoms with van der Waals surface area (Å²) in [6, 6.07) is 0.473. The molecule has 106 valence electrons. The molecule has 1 unspecified atom stereocenters. The first kappa shape index (κ1) is 15.5. The monoisotopic (exact) mass is 254 g/mol. The number of nitrogens with two attached hydrogens (primary N) is 1. The van der Waals surface area contributed by atoms with Gasteiger partial charge in [0.15, 0.2) is 0 Å². The van der Waals surface area contributed by atoms with Crippen molar-refractivity contribution in [2.45, 2.75) is 64.8 Å². The predicted octanol–water partition coefficient (Wildman–Crippen LogP) is 2.79. The zero-order valence-electron chi connectivity index (χ0n) is 12.3. The van der Waals surface area contributed by atoms with Crippen LogP contribution >= 0.6 is 0 Å². The van der Waals surface area contributed by atoms with Crippen molar-refractivity contribution in [3.63, 3.8) is 0 Å². The molecule has 0 heterocycles. The van der Waals surface area contributed by atoms with Crippen LogP contribution in [0.5, 0.6) is 0 Å². The van der Waals surface area contributed by atoms with Crippen molar-refractivity contribution in [3.05, 3.63) is 0 Å². The van der Waals surface area contributed by atoms with Crippen molar-refractivity contribution < 1.29 is 4.79 Å². The van der Waals surface area contributed by atoms with Gasteiger partial charge in [-0.3, -0.25) is 4.79 Å². The van der Waals surface area contributed by atoms with E-state index in [0.29, 0.717) is 18.5 Å². The molecule has 0 bridgehead atoms.